The van der Waals surface area contributed by atoms with Crippen LogP contribution in [-0.4, -0.2) is 29.1 Å². The molecule has 1 aliphatic rings. The lowest BCUT2D eigenvalue weighted by atomic mass is 10.0. The first-order valence-electron chi connectivity index (χ1n) is 9.86. The smallest absolute Gasteiger partial charge is 0.243 e. The summed E-state index contributed by atoms with van der Waals surface area (Å²) in [6.07, 6.45) is 1.89. The Labute approximate surface area is 166 Å². The van der Waals surface area contributed by atoms with Gasteiger partial charge in [-0.1, -0.05) is 67.1 Å². The highest BCUT2D eigenvalue weighted by Crippen LogP contribution is 2.18. The zero-order valence-electron chi connectivity index (χ0n) is 16.5. The Bertz CT molecular complexity index is 844. The Balaban J connectivity index is 1.51. The van der Waals surface area contributed by atoms with E-state index in [1.54, 1.807) is 0 Å². The molecule has 0 fully saturated rings. The molecule has 5 nitrogen and oxygen atoms in total. The third kappa shape index (κ3) is 5.06. The van der Waals surface area contributed by atoms with E-state index in [9.17, 15) is 9.59 Å². The number of nitrogens with zero attached hydrogens (tertiary/aromatic N) is 2. The number of rotatable bonds is 7. The minimum Gasteiger partial charge on any atom is -0.349 e. The number of amides is 2. The van der Waals surface area contributed by atoms with Crippen LogP contribution in [0.15, 0.2) is 59.7 Å². The Hall–Kier alpha value is -2.95. The van der Waals surface area contributed by atoms with E-state index in [-0.39, 0.29) is 30.7 Å². The van der Waals surface area contributed by atoms with Gasteiger partial charge in [0.1, 0.15) is 0 Å². The first-order valence-corrected chi connectivity index (χ1v) is 9.86. The predicted molar refractivity (Wildman–Crippen MR) is 111 cm³/mol. The molecule has 2 aromatic rings. The fourth-order valence-corrected chi connectivity index (χ4v) is 3.31. The zero-order valence-corrected chi connectivity index (χ0v) is 16.5. The van der Waals surface area contributed by atoms with Crippen molar-refractivity contribution in [1.82, 2.24) is 10.3 Å². The summed E-state index contributed by atoms with van der Waals surface area (Å²) < 4.78 is 0. The fourth-order valence-electron chi connectivity index (χ4n) is 3.31. The molecule has 0 spiro atoms. The van der Waals surface area contributed by atoms with Crippen LogP contribution in [-0.2, 0) is 9.59 Å². The lowest BCUT2D eigenvalue weighted by molar-refractivity contribution is -0.133. The van der Waals surface area contributed by atoms with Gasteiger partial charge in [0.05, 0.1) is 18.3 Å². The van der Waals surface area contributed by atoms with Crippen molar-refractivity contribution >= 4 is 17.5 Å². The molecule has 2 amide bonds. The van der Waals surface area contributed by atoms with Crippen molar-refractivity contribution in [3.05, 3.63) is 71.3 Å². The molecule has 0 saturated heterocycles. The van der Waals surface area contributed by atoms with Gasteiger partial charge in [0.2, 0.25) is 11.8 Å². The van der Waals surface area contributed by atoms with E-state index in [4.69, 9.17) is 0 Å². The van der Waals surface area contributed by atoms with Gasteiger partial charge in [0.15, 0.2) is 0 Å². The van der Waals surface area contributed by atoms with Crippen molar-refractivity contribution in [2.75, 3.05) is 6.54 Å². The molecule has 146 valence electrons. The predicted octanol–water partition coefficient (Wildman–Crippen LogP) is 3.98. The van der Waals surface area contributed by atoms with Crippen LogP contribution < -0.4 is 5.32 Å². The van der Waals surface area contributed by atoms with Gasteiger partial charge in [0, 0.05) is 19.3 Å². The SMILES string of the molecule is CCC(NC(=O)CCC(=O)N1CCC(c2ccccc2)=N1)c1ccc(C)cc1. The molecule has 5 heteroatoms. The van der Waals surface area contributed by atoms with Crippen molar-refractivity contribution in [2.45, 2.75) is 45.6 Å². The Morgan fingerprint density at radius 1 is 1.07 bits per heavy atom. The third-order valence-corrected chi connectivity index (χ3v) is 4.99. The van der Waals surface area contributed by atoms with Crippen molar-refractivity contribution in [1.29, 1.82) is 0 Å². The molecule has 3 rings (SSSR count). The van der Waals surface area contributed by atoms with Crippen LogP contribution in [0.4, 0.5) is 0 Å². The van der Waals surface area contributed by atoms with E-state index >= 15 is 0 Å². The Morgan fingerprint density at radius 3 is 2.46 bits per heavy atom. The second-order valence-electron chi connectivity index (χ2n) is 7.12. The van der Waals surface area contributed by atoms with E-state index in [0.717, 1.165) is 29.7 Å². The molecule has 0 aromatic heterocycles. The summed E-state index contributed by atoms with van der Waals surface area (Å²) in [5.74, 6) is -0.211. The van der Waals surface area contributed by atoms with E-state index < -0.39 is 0 Å². The van der Waals surface area contributed by atoms with Crippen molar-refractivity contribution in [3.63, 3.8) is 0 Å². The largest absolute Gasteiger partial charge is 0.349 e. The second-order valence-corrected chi connectivity index (χ2v) is 7.12. The van der Waals surface area contributed by atoms with E-state index in [1.165, 1.54) is 10.6 Å². The minimum atomic E-state index is -0.107. The summed E-state index contributed by atoms with van der Waals surface area (Å²) in [5.41, 5.74) is 4.24. The van der Waals surface area contributed by atoms with Gasteiger partial charge in [-0.3, -0.25) is 9.59 Å². The molecular weight excluding hydrogens is 350 g/mol. The molecule has 1 N–H and O–H groups in total. The normalized spacial score (nSPS) is 14.5. The average Bonchev–Trinajstić information content (AvgIpc) is 3.22. The van der Waals surface area contributed by atoms with Crippen molar-refractivity contribution in [2.24, 2.45) is 5.10 Å². The number of hydrogen-bond donors (Lipinski definition) is 1. The number of carbonyl (C=O) groups excluding carboxylic acids is 2. The maximum absolute atomic E-state index is 12.4. The highest BCUT2D eigenvalue weighted by atomic mass is 16.2. The molecule has 1 atom stereocenters. The molecule has 28 heavy (non-hydrogen) atoms. The molecule has 1 aliphatic heterocycles. The van der Waals surface area contributed by atoms with E-state index in [0.29, 0.717) is 6.54 Å². The number of benzene rings is 2. The van der Waals surface area contributed by atoms with E-state index in [2.05, 4.69) is 10.4 Å². The summed E-state index contributed by atoms with van der Waals surface area (Å²) in [7, 11) is 0. The maximum Gasteiger partial charge on any atom is 0.243 e. The van der Waals surface area contributed by atoms with Gasteiger partial charge in [-0.2, -0.15) is 5.10 Å². The monoisotopic (exact) mass is 377 g/mol. The first-order chi connectivity index (χ1) is 13.6. The third-order valence-electron chi connectivity index (χ3n) is 4.99. The molecule has 0 saturated carbocycles. The fraction of sp³-hybridized carbons (Fsp3) is 0.348. The quantitative estimate of drug-likeness (QED) is 0.793. The van der Waals surface area contributed by atoms with Crippen molar-refractivity contribution < 1.29 is 9.59 Å². The maximum atomic E-state index is 12.4. The molecule has 1 heterocycles. The lowest BCUT2D eigenvalue weighted by Gasteiger charge is -2.18. The molecule has 2 aromatic carbocycles. The van der Waals surface area contributed by atoms with Crippen LogP contribution in [0.25, 0.3) is 0 Å². The first kappa shape index (κ1) is 19.8. The van der Waals surface area contributed by atoms with Gasteiger partial charge >= 0.3 is 0 Å². The van der Waals surface area contributed by atoms with Crippen LogP contribution in [0.5, 0.6) is 0 Å². The van der Waals surface area contributed by atoms with Crippen LogP contribution in [0.2, 0.25) is 0 Å². The highest BCUT2D eigenvalue weighted by Gasteiger charge is 2.22. The Morgan fingerprint density at radius 2 is 1.79 bits per heavy atom. The summed E-state index contributed by atoms with van der Waals surface area (Å²) in [6, 6.07) is 18.0. The lowest BCUT2D eigenvalue weighted by Crippen LogP contribution is -2.30. The van der Waals surface area contributed by atoms with Gasteiger partial charge < -0.3 is 5.32 Å². The van der Waals surface area contributed by atoms with E-state index in [1.807, 2.05) is 68.4 Å². The summed E-state index contributed by atoms with van der Waals surface area (Å²) >= 11 is 0. The van der Waals surface area contributed by atoms with Gasteiger partial charge in [-0.15, -0.1) is 0 Å². The molecule has 0 bridgehead atoms. The molecule has 1 unspecified atom stereocenters. The summed E-state index contributed by atoms with van der Waals surface area (Å²) in [6.45, 7) is 4.66. The standard InChI is InChI=1S/C23H27N3O2/c1-3-20(19-11-9-17(2)10-12-19)24-22(27)13-14-23(28)26-16-15-21(25-26)18-7-5-4-6-8-18/h4-12,20H,3,13-16H2,1-2H3,(H,24,27). The average molecular weight is 377 g/mol. The number of carbonyl (C=O) groups is 2. The molecule has 0 aliphatic carbocycles. The van der Waals surface area contributed by atoms with Crippen LogP contribution in [0.3, 0.4) is 0 Å². The Kier molecular flexibility index (Phi) is 6.58. The van der Waals surface area contributed by atoms with Crippen molar-refractivity contribution in [3.8, 4) is 0 Å². The second kappa shape index (κ2) is 9.31. The number of nitrogens with one attached hydrogen (secondary N) is 1. The van der Waals surface area contributed by atoms with Gasteiger partial charge in [-0.05, 0) is 24.5 Å². The van der Waals surface area contributed by atoms with Crippen LogP contribution >= 0.6 is 0 Å². The van der Waals surface area contributed by atoms with Gasteiger partial charge in [-0.25, -0.2) is 5.01 Å². The summed E-state index contributed by atoms with van der Waals surface area (Å²) in [4.78, 5) is 24.8. The molecule has 0 radical (unpaired) electrons. The molecular formula is C23H27N3O2. The van der Waals surface area contributed by atoms with Crippen LogP contribution in [0.1, 0.15) is 55.3 Å². The van der Waals surface area contributed by atoms with Gasteiger partial charge in [0.25, 0.3) is 0 Å². The number of hydrazone groups is 1. The van der Waals surface area contributed by atoms with Crippen LogP contribution in [0, 0.1) is 6.92 Å². The highest BCUT2D eigenvalue weighted by molar-refractivity contribution is 6.02. The topological polar surface area (TPSA) is 61.8 Å². The number of aryl methyl sites for hydroxylation is 1. The summed E-state index contributed by atoms with van der Waals surface area (Å²) in [5, 5.41) is 8.97. The minimum absolute atomic E-state index is 0.0299. The number of hydrogen-bond acceptors (Lipinski definition) is 3. The zero-order chi connectivity index (χ0) is 19.9.